The van der Waals surface area contributed by atoms with E-state index in [1.54, 1.807) is 18.7 Å². The average molecular weight is 256 g/mol. The fourth-order valence-corrected chi connectivity index (χ4v) is 2.90. The molecule has 2 N–H and O–H groups in total. The highest BCUT2D eigenvalue weighted by atomic mass is 16.5. The predicted octanol–water partition coefficient (Wildman–Crippen LogP) is -0.458. The van der Waals surface area contributed by atoms with E-state index in [1.807, 2.05) is 0 Å². The van der Waals surface area contributed by atoms with E-state index in [0.29, 0.717) is 13.1 Å². The number of hydrogen-bond acceptors (Lipinski definition) is 4. The Morgan fingerprint density at radius 2 is 1.72 bits per heavy atom. The maximum atomic E-state index is 12.4. The van der Waals surface area contributed by atoms with Crippen molar-refractivity contribution in [1.82, 2.24) is 10.2 Å². The first-order valence-corrected chi connectivity index (χ1v) is 6.40. The number of amides is 1. The van der Waals surface area contributed by atoms with Crippen LogP contribution in [0, 0.1) is 11.8 Å². The first-order valence-electron chi connectivity index (χ1n) is 6.40. The van der Waals surface area contributed by atoms with E-state index >= 15 is 0 Å². The van der Waals surface area contributed by atoms with Crippen molar-refractivity contribution in [3.05, 3.63) is 0 Å². The Morgan fingerprint density at radius 1 is 1.17 bits per heavy atom. The minimum atomic E-state index is -0.944. The smallest absolute Gasteiger partial charge is 0.310 e. The number of nitrogens with zero attached hydrogens (tertiary/aromatic N) is 1. The van der Waals surface area contributed by atoms with Crippen molar-refractivity contribution in [2.45, 2.75) is 26.1 Å². The Morgan fingerprint density at radius 3 is 2.28 bits per heavy atom. The van der Waals surface area contributed by atoms with Crippen LogP contribution in [0.4, 0.5) is 0 Å². The summed E-state index contributed by atoms with van der Waals surface area (Å²) in [5, 5.41) is 12.4. The molecule has 2 saturated heterocycles. The minimum Gasteiger partial charge on any atom is -0.481 e. The van der Waals surface area contributed by atoms with Crippen molar-refractivity contribution < 1.29 is 19.4 Å². The Bertz CT molecular complexity index is 341. The number of piperazine rings is 1. The summed E-state index contributed by atoms with van der Waals surface area (Å²) < 4.78 is 5.52. The molecule has 0 radical (unpaired) electrons. The fourth-order valence-electron chi connectivity index (χ4n) is 2.90. The van der Waals surface area contributed by atoms with Gasteiger partial charge >= 0.3 is 5.97 Å². The molecule has 4 unspecified atom stereocenters. The number of ether oxygens (including phenoxy) is 1. The summed E-state index contributed by atoms with van der Waals surface area (Å²) in [6, 6.07) is 0. The lowest BCUT2D eigenvalue weighted by Crippen LogP contribution is -2.51. The molecule has 2 heterocycles. The van der Waals surface area contributed by atoms with E-state index in [9.17, 15) is 14.7 Å². The van der Waals surface area contributed by atoms with Crippen LogP contribution in [0.25, 0.3) is 0 Å². The Labute approximate surface area is 106 Å². The van der Waals surface area contributed by atoms with Gasteiger partial charge in [0.05, 0.1) is 24.0 Å². The summed E-state index contributed by atoms with van der Waals surface area (Å²) in [4.78, 5) is 25.5. The number of aliphatic carboxylic acids is 1. The van der Waals surface area contributed by atoms with Crippen molar-refractivity contribution >= 4 is 11.9 Å². The lowest BCUT2D eigenvalue weighted by Gasteiger charge is -2.31. The Hall–Kier alpha value is -1.14. The topological polar surface area (TPSA) is 78.9 Å². The third-order valence-electron chi connectivity index (χ3n) is 3.83. The quantitative estimate of drug-likeness (QED) is 0.699. The summed E-state index contributed by atoms with van der Waals surface area (Å²) in [6.07, 6.45) is -0.738. The van der Waals surface area contributed by atoms with Crippen molar-refractivity contribution in [2.24, 2.45) is 11.8 Å². The number of carboxylic acids is 1. The average Bonchev–Trinajstić information content (AvgIpc) is 2.64. The molecule has 2 aliphatic heterocycles. The van der Waals surface area contributed by atoms with Crippen LogP contribution in [0.1, 0.15) is 13.8 Å². The van der Waals surface area contributed by atoms with Gasteiger partial charge in [-0.25, -0.2) is 0 Å². The largest absolute Gasteiger partial charge is 0.481 e. The van der Waals surface area contributed by atoms with Gasteiger partial charge in [-0.1, -0.05) is 0 Å². The van der Waals surface area contributed by atoms with Crippen LogP contribution in [0.2, 0.25) is 0 Å². The molecule has 0 spiro atoms. The molecule has 0 aromatic rings. The number of carbonyl (C=O) groups is 2. The molecule has 2 aliphatic rings. The van der Waals surface area contributed by atoms with E-state index in [-0.39, 0.29) is 12.0 Å². The number of carboxylic acid groups (broad SMARTS) is 1. The molecule has 0 aromatic carbocycles. The normalized spacial score (nSPS) is 36.7. The number of nitrogens with one attached hydrogen (secondary N) is 1. The Balaban J connectivity index is 2.13. The molecule has 102 valence electrons. The van der Waals surface area contributed by atoms with Crippen molar-refractivity contribution in [1.29, 1.82) is 0 Å². The first-order chi connectivity index (χ1) is 8.52. The van der Waals surface area contributed by atoms with Crippen molar-refractivity contribution in [3.8, 4) is 0 Å². The van der Waals surface area contributed by atoms with Crippen LogP contribution >= 0.6 is 0 Å². The van der Waals surface area contributed by atoms with Crippen LogP contribution in [-0.4, -0.2) is 60.3 Å². The molecule has 1 amide bonds. The summed E-state index contributed by atoms with van der Waals surface area (Å²) in [7, 11) is 0. The Kier molecular flexibility index (Phi) is 3.87. The van der Waals surface area contributed by atoms with Crippen LogP contribution in [-0.2, 0) is 14.3 Å². The standard InChI is InChI=1S/C12H20N2O4/c1-7-9(10(12(16)17)8(2)18-7)11(15)14-5-3-13-4-6-14/h7-10,13H,3-6H2,1-2H3,(H,16,17). The van der Waals surface area contributed by atoms with Gasteiger partial charge < -0.3 is 20.1 Å². The molecular formula is C12H20N2O4. The second-order valence-electron chi connectivity index (χ2n) is 5.01. The molecular weight excluding hydrogens is 236 g/mol. The van der Waals surface area contributed by atoms with Gasteiger partial charge in [0.2, 0.25) is 5.91 Å². The van der Waals surface area contributed by atoms with E-state index in [1.165, 1.54) is 0 Å². The third-order valence-corrected chi connectivity index (χ3v) is 3.83. The first kappa shape index (κ1) is 13.3. The molecule has 2 rings (SSSR count). The van der Waals surface area contributed by atoms with Crippen molar-refractivity contribution in [2.75, 3.05) is 26.2 Å². The maximum Gasteiger partial charge on any atom is 0.310 e. The summed E-state index contributed by atoms with van der Waals surface area (Å²) in [5.74, 6) is -2.32. The molecule has 18 heavy (non-hydrogen) atoms. The zero-order valence-electron chi connectivity index (χ0n) is 10.8. The van der Waals surface area contributed by atoms with Crippen LogP contribution in [0.5, 0.6) is 0 Å². The van der Waals surface area contributed by atoms with Crippen LogP contribution in [0.15, 0.2) is 0 Å². The van der Waals surface area contributed by atoms with E-state index in [2.05, 4.69) is 5.32 Å². The van der Waals surface area contributed by atoms with Crippen LogP contribution < -0.4 is 5.32 Å². The third kappa shape index (κ3) is 2.35. The highest BCUT2D eigenvalue weighted by molar-refractivity contribution is 5.86. The molecule has 6 heteroatoms. The predicted molar refractivity (Wildman–Crippen MR) is 64.1 cm³/mol. The number of rotatable bonds is 2. The van der Waals surface area contributed by atoms with E-state index < -0.39 is 23.9 Å². The number of carbonyl (C=O) groups excluding carboxylic acids is 1. The SMILES string of the molecule is CC1OC(C)C(C(=O)N2CCNCC2)C1C(=O)O. The van der Waals surface area contributed by atoms with Gasteiger partial charge in [-0.2, -0.15) is 0 Å². The summed E-state index contributed by atoms with van der Waals surface area (Å²) in [6.45, 7) is 6.32. The second-order valence-corrected chi connectivity index (χ2v) is 5.01. The van der Waals surface area contributed by atoms with Gasteiger partial charge in [0.15, 0.2) is 0 Å². The van der Waals surface area contributed by atoms with Crippen LogP contribution in [0.3, 0.4) is 0 Å². The van der Waals surface area contributed by atoms with Gasteiger partial charge in [0.25, 0.3) is 0 Å². The second kappa shape index (κ2) is 5.24. The van der Waals surface area contributed by atoms with Gasteiger partial charge in [0.1, 0.15) is 0 Å². The highest BCUT2D eigenvalue weighted by Crippen LogP contribution is 2.34. The monoisotopic (exact) mass is 256 g/mol. The molecule has 2 fully saturated rings. The highest BCUT2D eigenvalue weighted by Gasteiger charge is 2.49. The number of hydrogen-bond donors (Lipinski definition) is 2. The maximum absolute atomic E-state index is 12.4. The van der Waals surface area contributed by atoms with Crippen molar-refractivity contribution in [3.63, 3.8) is 0 Å². The molecule has 0 saturated carbocycles. The molecule has 4 atom stereocenters. The van der Waals surface area contributed by atoms with Gasteiger partial charge in [-0.05, 0) is 13.8 Å². The lowest BCUT2D eigenvalue weighted by molar-refractivity contribution is -0.150. The lowest BCUT2D eigenvalue weighted by atomic mass is 9.86. The molecule has 0 aromatic heterocycles. The van der Waals surface area contributed by atoms with Gasteiger partial charge in [-0.15, -0.1) is 0 Å². The van der Waals surface area contributed by atoms with Gasteiger partial charge in [-0.3, -0.25) is 9.59 Å². The minimum absolute atomic E-state index is 0.0826. The zero-order valence-corrected chi connectivity index (χ0v) is 10.8. The van der Waals surface area contributed by atoms with E-state index in [4.69, 9.17) is 4.74 Å². The molecule has 0 bridgehead atoms. The molecule has 0 aliphatic carbocycles. The fraction of sp³-hybridized carbons (Fsp3) is 0.833. The molecule has 6 nitrogen and oxygen atoms in total. The van der Waals surface area contributed by atoms with E-state index in [0.717, 1.165) is 13.1 Å². The zero-order chi connectivity index (χ0) is 13.3. The summed E-state index contributed by atoms with van der Waals surface area (Å²) in [5.41, 5.74) is 0. The summed E-state index contributed by atoms with van der Waals surface area (Å²) >= 11 is 0. The van der Waals surface area contributed by atoms with Gasteiger partial charge in [0, 0.05) is 26.2 Å².